The van der Waals surface area contributed by atoms with Crippen molar-refractivity contribution in [3.8, 4) is 0 Å². The Labute approximate surface area is 112 Å². The van der Waals surface area contributed by atoms with Crippen molar-refractivity contribution >= 4 is 5.82 Å². The SMILES string of the molecule is CCCCCN(C)Cc1cccnc1NCCC. The van der Waals surface area contributed by atoms with E-state index in [0.717, 1.165) is 31.9 Å². The molecule has 1 aromatic rings. The lowest BCUT2D eigenvalue weighted by atomic mass is 10.2. The lowest BCUT2D eigenvalue weighted by Gasteiger charge is -2.18. The predicted octanol–water partition coefficient (Wildman–Crippen LogP) is 3.53. The van der Waals surface area contributed by atoms with E-state index in [0.29, 0.717) is 0 Å². The Morgan fingerprint density at radius 1 is 1.22 bits per heavy atom. The minimum atomic E-state index is 0.976. The molecule has 1 rings (SSSR count). The third-order valence-corrected chi connectivity index (χ3v) is 3.02. The van der Waals surface area contributed by atoms with Crippen LogP contribution in [-0.4, -0.2) is 30.0 Å². The molecule has 0 aromatic carbocycles. The maximum atomic E-state index is 4.43. The molecule has 0 aliphatic heterocycles. The van der Waals surface area contributed by atoms with E-state index in [1.165, 1.54) is 24.8 Å². The lowest BCUT2D eigenvalue weighted by Crippen LogP contribution is -2.20. The van der Waals surface area contributed by atoms with Crippen molar-refractivity contribution in [2.24, 2.45) is 0 Å². The van der Waals surface area contributed by atoms with Gasteiger partial charge in [0, 0.05) is 24.8 Å². The number of nitrogens with one attached hydrogen (secondary N) is 1. The average molecular weight is 249 g/mol. The molecule has 0 radical (unpaired) electrons. The van der Waals surface area contributed by atoms with Gasteiger partial charge in [0.1, 0.15) is 5.82 Å². The molecule has 1 N–H and O–H groups in total. The molecule has 1 heterocycles. The van der Waals surface area contributed by atoms with Crippen LogP contribution in [0.3, 0.4) is 0 Å². The number of unbranched alkanes of at least 4 members (excludes halogenated alkanes) is 2. The molecule has 0 aliphatic rings. The third-order valence-electron chi connectivity index (χ3n) is 3.02. The van der Waals surface area contributed by atoms with Crippen LogP contribution in [0.15, 0.2) is 18.3 Å². The number of hydrogen-bond acceptors (Lipinski definition) is 3. The van der Waals surface area contributed by atoms with Gasteiger partial charge in [0.05, 0.1) is 0 Å². The summed E-state index contributed by atoms with van der Waals surface area (Å²) in [6, 6.07) is 4.19. The van der Waals surface area contributed by atoms with Gasteiger partial charge in [0.15, 0.2) is 0 Å². The number of rotatable bonds is 9. The Hall–Kier alpha value is -1.09. The van der Waals surface area contributed by atoms with Crippen molar-refractivity contribution in [1.29, 1.82) is 0 Å². The van der Waals surface area contributed by atoms with E-state index in [4.69, 9.17) is 0 Å². The largest absolute Gasteiger partial charge is 0.370 e. The predicted molar refractivity (Wildman–Crippen MR) is 78.9 cm³/mol. The van der Waals surface area contributed by atoms with Gasteiger partial charge in [-0.05, 0) is 32.5 Å². The molecule has 3 heteroatoms. The molecule has 0 amide bonds. The van der Waals surface area contributed by atoms with E-state index in [1.54, 1.807) is 0 Å². The number of aromatic nitrogens is 1. The van der Waals surface area contributed by atoms with E-state index in [2.05, 4.69) is 42.2 Å². The highest BCUT2D eigenvalue weighted by Gasteiger charge is 2.05. The first-order valence-electron chi connectivity index (χ1n) is 7.14. The molecule has 3 nitrogen and oxygen atoms in total. The number of anilines is 1. The van der Waals surface area contributed by atoms with Crippen LogP contribution >= 0.6 is 0 Å². The van der Waals surface area contributed by atoms with E-state index < -0.39 is 0 Å². The fourth-order valence-corrected chi connectivity index (χ4v) is 1.97. The third kappa shape index (κ3) is 5.50. The van der Waals surface area contributed by atoms with Gasteiger partial charge >= 0.3 is 0 Å². The van der Waals surface area contributed by atoms with E-state index in [1.807, 2.05) is 12.3 Å². The molecule has 0 fully saturated rings. The first-order valence-corrected chi connectivity index (χ1v) is 7.14. The fourth-order valence-electron chi connectivity index (χ4n) is 1.97. The van der Waals surface area contributed by atoms with Crippen molar-refractivity contribution in [3.05, 3.63) is 23.9 Å². The Balaban J connectivity index is 2.49. The van der Waals surface area contributed by atoms with Gasteiger partial charge < -0.3 is 10.2 Å². The molecule has 102 valence electrons. The van der Waals surface area contributed by atoms with Crippen LogP contribution < -0.4 is 5.32 Å². The molecule has 0 saturated heterocycles. The van der Waals surface area contributed by atoms with Crippen LogP contribution in [0.25, 0.3) is 0 Å². The molecule has 0 aliphatic carbocycles. The fraction of sp³-hybridized carbons (Fsp3) is 0.667. The summed E-state index contributed by atoms with van der Waals surface area (Å²) in [7, 11) is 2.19. The second-order valence-corrected chi connectivity index (χ2v) is 4.88. The summed E-state index contributed by atoms with van der Waals surface area (Å²) >= 11 is 0. The summed E-state index contributed by atoms with van der Waals surface area (Å²) in [6.45, 7) is 7.55. The summed E-state index contributed by atoms with van der Waals surface area (Å²) in [4.78, 5) is 6.81. The Bertz CT molecular complexity index is 325. The number of nitrogens with zero attached hydrogens (tertiary/aromatic N) is 2. The summed E-state index contributed by atoms with van der Waals surface area (Å²) in [6.07, 6.45) is 6.87. The molecule has 0 spiro atoms. The monoisotopic (exact) mass is 249 g/mol. The maximum Gasteiger partial charge on any atom is 0.130 e. The molecule has 18 heavy (non-hydrogen) atoms. The zero-order chi connectivity index (χ0) is 13.2. The van der Waals surface area contributed by atoms with E-state index in [9.17, 15) is 0 Å². The quantitative estimate of drug-likeness (QED) is 0.679. The van der Waals surface area contributed by atoms with Gasteiger partial charge in [-0.1, -0.05) is 32.8 Å². The van der Waals surface area contributed by atoms with Gasteiger partial charge in [0.2, 0.25) is 0 Å². The zero-order valence-electron chi connectivity index (χ0n) is 12.1. The van der Waals surface area contributed by atoms with Gasteiger partial charge in [-0.3, -0.25) is 0 Å². The van der Waals surface area contributed by atoms with E-state index >= 15 is 0 Å². The van der Waals surface area contributed by atoms with Crippen LogP contribution in [0.1, 0.15) is 45.1 Å². The topological polar surface area (TPSA) is 28.2 Å². The second kappa shape index (κ2) is 8.92. The average Bonchev–Trinajstić information content (AvgIpc) is 2.38. The van der Waals surface area contributed by atoms with Gasteiger partial charge in [0.25, 0.3) is 0 Å². The summed E-state index contributed by atoms with van der Waals surface area (Å²) in [5.74, 6) is 1.04. The summed E-state index contributed by atoms with van der Waals surface area (Å²) in [5.41, 5.74) is 1.30. The van der Waals surface area contributed by atoms with Gasteiger partial charge in [-0.25, -0.2) is 4.98 Å². The Kier molecular flexibility index (Phi) is 7.42. The molecular weight excluding hydrogens is 222 g/mol. The van der Waals surface area contributed by atoms with Crippen molar-refractivity contribution in [1.82, 2.24) is 9.88 Å². The normalized spacial score (nSPS) is 10.9. The minimum absolute atomic E-state index is 0.976. The van der Waals surface area contributed by atoms with Crippen LogP contribution in [0.5, 0.6) is 0 Å². The standard InChI is InChI=1S/C15H27N3/c1-4-6-7-12-18(3)13-14-9-8-11-17-15(14)16-10-5-2/h8-9,11H,4-7,10,12-13H2,1-3H3,(H,16,17). The van der Waals surface area contributed by atoms with Gasteiger partial charge in [-0.15, -0.1) is 0 Å². The van der Waals surface area contributed by atoms with Crippen molar-refractivity contribution < 1.29 is 0 Å². The highest BCUT2D eigenvalue weighted by Crippen LogP contribution is 2.14. The first-order chi connectivity index (χ1) is 8.77. The van der Waals surface area contributed by atoms with Crippen LogP contribution in [0.2, 0.25) is 0 Å². The Morgan fingerprint density at radius 3 is 2.78 bits per heavy atom. The lowest BCUT2D eigenvalue weighted by molar-refractivity contribution is 0.318. The highest BCUT2D eigenvalue weighted by molar-refractivity contribution is 5.43. The molecular formula is C15H27N3. The molecule has 0 unspecified atom stereocenters. The Morgan fingerprint density at radius 2 is 2.06 bits per heavy atom. The van der Waals surface area contributed by atoms with Crippen molar-refractivity contribution in [2.45, 2.75) is 46.1 Å². The van der Waals surface area contributed by atoms with Gasteiger partial charge in [-0.2, -0.15) is 0 Å². The second-order valence-electron chi connectivity index (χ2n) is 4.88. The summed E-state index contributed by atoms with van der Waals surface area (Å²) < 4.78 is 0. The number of pyridine rings is 1. The maximum absolute atomic E-state index is 4.43. The molecule has 0 atom stereocenters. The number of hydrogen-bond donors (Lipinski definition) is 1. The van der Waals surface area contributed by atoms with Crippen molar-refractivity contribution in [2.75, 3.05) is 25.5 Å². The smallest absolute Gasteiger partial charge is 0.130 e. The summed E-state index contributed by atoms with van der Waals surface area (Å²) in [5, 5.41) is 3.40. The molecule has 0 bridgehead atoms. The zero-order valence-corrected chi connectivity index (χ0v) is 12.1. The van der Waals surface area contributed by atoms with Crippen molar-refractivity contribution in [3.63, 3.8) is 0 Å². The highest BCUT2D eigenvalue weighted by atomic mass is 15.1. The van der Waals surface area contributed by atoms with E-state index in [-0.39, 0.29) is 0 Å². The van der Waals surface area contributed by atoms with Crippen LogP contribution in [-0.2, 0) is 6.54 Å². The van der Waals surface area contributed by atoms with Crippen LogP contribution in [0, 0.1) is 0 Å². The molecule has 0 saturated carbocycles. The van der Waals surface area contributed by atoms with Crippen LogP contribution in [0.4, 0.5) is 5.82 Å². The first kappa shape index (κ1) is 15.0. The molecule has 1 aromatic heterocycles. The minimum Gasteiger partial charge on any atom is -0.370 e.